The molecule has 1 N–H and O–H groups in total. The van der Waals surface area contributed by atoms with Crippen LogP contribution in [0.2, 0.25) is 0 Å². The maximum absolute atomic E-state index is 13.6. The van der Waals surface area contributed by atoms with Gasteiger partial charge in [0.15, 0.2) is 5.13 Å². The second-order valence-corrected chi connectivity index (χ2v) is 7.82. The van der Waals surface area contributed by atoms with Gasteiger partial charge in [-0.3, -0.25) is 9.88 Å². The van der Waals surface area contributed by atoms with Gasteiger partial charge in [-0.15, -0.1) is 0 Å². The van der Waals surface area contributed by atoms with Gasteiger partial charge in [0.05, 0.1) is 24.5 Å². The lowest BCUT2D eigenvalue weighted by Gasteiger charge is -2.26. The van der Waals surface area contributed by atoms with Gasteiger partial charge in [0.2, 0.25) is 0 Å². The first-order valence-corrected chi connectivity index (χ1v) is 10.1. The van der Waals surface area contributed by atoms with Gasteiger partial charge in [-0.2, -0.15) is 13.2 Å². The van der Waals surface area contributed by atoms with Gasteiger partial charge in [-0.05, 0) is 30.3 Å². The van der Waals surface area contributed by atoms with E-state index in [1.165, 1.54) is 17.4 Å². The van der Waals surface area contributed by atoms with E-state index in [2.05, 4.69) is 20.2 Å². The number of ether oxygens (including phenoxy) is 1. The molecule has 1 aliphatic rings. The fourth-order valence-corrected chi connectivity index (χ4v) is 4.19. The lowest BCUT2D eigenvalue weighted by atomic mass is 10.2. The highest BCUT2D eigenvalue weighted by molar-refractivity contribution is 7.16. The van der Waals surface area contributed by atoms with Crippen LogP contribution in [0.15, 0.2) is 42.7 Å². The first-order chi connectivity index (χ1) is 14.4. The zero-order chi connectivity index (χ0) is 21.1. The number of halogens is 4. The first kappa shape index (κ1) is 20.7. The molecule has 0 radical (unpaired) electrons. The second kappa shape index (κ2) is 8.66. The molecule has 0 amide bonds. The van der Waals surface area contributed by atoms with Crippen LogP contribution in [0.3, 0.4) is 0 Å². The van der Waals surface area contributed by atoms with E-state index in [-0.39, 0.29) is 5.69 Å². The van der Waals surface area contributed by atoms with Crippen LogP contribution in [0.5, 0.6) is 0 Å². The predicted molar refractivity (Wildman–Crippen MR) is 106 cm³/mol. The van der Waals surface area contributed by atoms with Crippen molar-refractivity contribution in [3.63, 3.8) is 0 Å². The highest BCUT2D eigenvalue weighted by atomic mass is 32.1. The molecule has 2 aromatic heterocycles. The molecule has 4 rings (SSSR count). The van der Waals surface area contributed by atoms with Gasteiger partial charge >= 0.3 is 6.18 Å². The lowest BCUT2D eigenvalue weighted by molar-refractivity contribution is -0.139. The summed E-state index contributed by atoms with van der Waals surface area (Å²) in [6.07, 6.45) is -1.41. The predicted octanol–water partition coefficient (Wildman–Crippen LogP) is 4.94. The van der Waals surface area contributed by atoms with Gasteiger partial charge < -0.3 is 10.1 Å². The average molecular weight is 438 g/mol. The van der Waals surface area contributed by atoms with Crippen molar-refractivity contribution in [3.8, 4) is 11.3 Å². The third-order valence-corrected chi connectivity index (χ3v) is 5.58. The Morgan fingerprint density at radius 2 is 1.97 bits per heavy atom. The van der Waals surface area contributed by atoms with Crippen LogP contribution in [-0.2, 0) is 17.5 Å². The third kappa shape index (κ3) is 4.77. The standard InChI is InChI=1S/C20H18F4N4OS/c21-16-4-3-14(10-15(16)20(22,23)24)26-19-27-18(13-2-1-5-25-11-13)17(30-19)12-28-6-8-29-9-7-28/h1-5,10-11H,6-9,12H2,(H,26,27). The Morgan fingerprint density at radius 3 is 2.67 bits per heavy atom. The highest BCUT2D eigenvalue weighted by Gasteiger charge is 2.34. The van der Waals surface area contributed by atoms with Crippen LogP contribution >= 0.6 is 11.3 Å². The molecule has 3 heterocycles. The van der Waals surface area contributed by atoms with E-state index in [1.54, 1.807) is 18.5 Å². The van der Waals surface area contributed by atoms with Crippen molar-refractivity contribution in [2.45, 2.75) is 12.7 Å². The van der Waals surface area contributed by atoms with Crippen molar-refractivity contribution in [2.75, 3.05) is 31.6 Å². The molecule has 1 saturated heterocycles. The van der Waals surface area contributed by atoms with E-state index in [9.17, 15) is 17.6 Å². The molecular formula is C20H18F4N4OS. The van der Waals surface area contributed by atoms with Gasteiger partial charge in [0.25, 0.3) is 0 Å². The van der Waals surface area contributed by atoms with E-state index in [1.807, 2.05) is 6.07 Å². The zero-order valence-corrected chi connectivity index (χ0v) is 16.6. The minimum absolute atomic E-state index is 0.119. The molecular weight excluding hydrogens is 420 g/mol. The Labute approximate surface area is 174 Å². The summed E-state index contributed by atoms with van der Waals surface area (Å²) in [5.41, 5.74) is 0.346. The van der Waals surface area contributed by atoms with E-state index >= 15 is 0 Å². The van der Waals surface area contributed by atoms with Crippen LogP contribution in [0.4, 0.5) is 28.4 Å². The number of aromatic nitrogens is 2. The number of morpholine rings is 1. The van der Waals surface area contributed by atoms with Gasteiger partial charge in [0.1, 0.15) is 5.82 Å². The fraction of sp³-hybridized carbons (Fsp3) is 0.300. The molecule has 3 aromatic rings. The summed E-state index contributed by atoms with van der Waals surface area (Å²) in [7, 11) is 0. The van der Waals surface area contributed by atoms with Crippen LogP contribution in [0.25, 0.3) is 11.3 Å². The van der Waals surface area contributed by atoms with Crippen molar-refractivity contribution in [3.05, 3.63) is 59.0 Å². The van der Waals surface area contributed by atoms with Gasteiger partial charge in [0, 0.05) is 48.2 Å². The second-order valence-electron chi connectivity index (χ2n) is 6.74. The van der Waals surface area contributed by atoms with E-state index in [4.69, 9.17) is 4.74 Å². The number of rotatable bonds is 5. The molecule has 10 heteroatoms. The number of anilines is 2. The summed E-state index contributed by atoms with van der Waals surface area (Å²) in [6, 6.07) is 6.50. The summed E-state index contributed by atoms with van der Waals surface area (Å²) in [4.78, 5) is 11.9. The van der Waals surface area contributed by atoms with Gasteiger partial charge in [-0.1, -0.05) is 11.3 Å². The highest BCUT2D eigenvalue weighted by Crippen LogP contribution is 2.36. The Kier molecular flexibility index (Phi) is 5.98. The van der Waals surface area contributed by atoms with E-state index < -0.39 is 17.6 Å². The van der Waals surface area contributed by atoms with Crippen molar-refractivity contribution < 1.29 is 22.3 Å². The summed E-state index contributed by atoms with van der Waals surface area (Å²) in [5, 5.41) is 3.32. The molecule has 1 aliphatic heterocycles. The number of hydrogen-bond donors (Lipinski definition) is 1. The third-order valence-electron chi connectivity index (χ3n) is 4.63. The van der Waals surface area contributed by atoms with E-state index in [0.29, 0.717) is 24.9 Å². The molecule has 1 fully saturated rings. The molecule has 0 bridgehead atoms. The molecule has 30 heavy (non-hydrogen) atoms. The van der Waals surface area contributed by atoms with Crippen molar-refractivity contribution >= 4 is 22.2 Å². The van der Waals surface area contributed by atoms with Crippen molar-refractivity contribution in [2.24, 2.45) is 0 Å². The van der Waals surface area contributed by atoms with Crippen LogP contribution < -0.4 is 5.32 Å². The lowest BCUT2D eigenvalue weighted by Crippen LogP contribution is -2.35. The molecule has 158 valence electrons. The number of alkyl halides is 3. The maximum Gasteiger partial charge on any atom is 0.419 e. The molecule has 0 saturated carbocycles. The Morgan fingerprint density at radius 1 is 1.17 bits per heavy atom. The number of thiazole rings is 1. The van der Waals surface area contributed by atoms with Crippen LogP contribution in [-0.4, -0.2) is 41.2 Å². The normalized spacial score (nSPS) is 15.3. The molecule has 1 aromatic carbocycles. The minimum Gasteiger partial charge on any atom is -0.379 e. The SMILES string of the molecule is Fc1ccc(Nc2nc(-c3cccnc3)c(CN3CCOCC3)s2)cc1C(F)(F)F. The molecule has 0 aliphatic carbocycles. The van der Waals surface area contributed by atoms with Crippen LogP contribution in [0, 0.1) is 5.82 Å². The number of hydrogen-bond acceptors (Lipinski definition) is 6. The smallest absolute Gasteiger partial charge is 0.379 e. The van der Waals surface area contributed by atoms with Crippen LogP contribution in [0.1, 0.15) is 10.4 Å². The molecule has 5 nitrogen and oxygen atoms in total. The largest absolute Gasteiger partial charge is 0.419 e. The summed E-state index contributed by atoms with van der Waals surface area (Å²) in [6.45, 7) is 3.54. The summed E-state index contributed by atoms with van der Waals surface area (Å²) >= 11 is 1.35. The minimum atomic E-state index is -4.77. The van der Waals surface area contributed by atoms with Crippen molar-refractivity contribution in [1.82, 2.24) is 14.9 Å². The first-order valence-electron chi connectivity index (χ1n) is 9.24. The molecule has 0 spiro atoms. The van der Waals surface area contributed by atoms with E-state index in [0.717, 1.165) is 41.4 Å². The van der Waals surface area contributed by atoms with Crippen molar-refractivity contribution in [1.29, 1.82) is 0 Å². The Hall–Kier alpha value is -2.56. The number of nitrogens with one attached hydrogen (secondary N) is 1. The van der Waals surface area contributed by atoms with Gasteiger partial charge in [-0.25, -0.2) is 9.37 Å². The Bertz CT molecular complexity index is 1000. The fourth-order valence-electron chi connectivity index (χ4n) is 3.15. The molecule has 0 unspecified atom stereocenters. The number of nitrogens with zero attached hydrogens (tertiary/aromatic N) is 3. The summed E-state index contributed by atoms with van der Waals surface area (Å²) in [5.74, 6) is -1.31. The molecule has 0 atom stereocenters. The maximum atomic E-state index is 13.6. The number of benzene rings is 1. The summed E-state index contributed by atoms with van der Waals surface area (Å²) < 4.78 is 58.0. The monoisotopic (exact) mass is 438 g/mol. The average Bonchev–Trinajstić information content (AvgIpc) is 3.12. The quantitative estimate of drug-likeness (QED) is 0.572. The topological polar surface area (TPSA) is 50.3 Å². The zero-order valence-electron chi connectivity index (χ0n) is 15.7. The number of pyridine rings is 1. The Balaban J connectivity index is 1.64.